The minimum Gasteiger partial charge on any atom is -0.506 e. The van der Waals surface area contributed by atoms with Crippen LogP contribution in [0.15, 0.2) is 30.3 Å². The number of halogens is 2. The van der Waals surface area contributed by atoms with Gasteiger partial charge in [0, 0.05) is 17.9 Å². The molecule has 0 atom stereocenters. The Morgan fingerprint density at radius 3 is 2.26 bits per heavy atom. The number of nitrogens with zero attached hydrogens (tertiary/aromatic N) is 1. The van der Waals surface area contributed by atoms with E-state index >= 15 is 0 Å². The highest BCUT2D eigenvalue weighted by Gasteiger charge is 2.16. The van der Waals surface area contributed by atoms with E-state index < -0.39 is 0 Å². The van der Waals surface area contributed by atoms with Crippen LogP contribution in [0, 0.1) is 6.92 Å². The topological polar surface area (TPSA) is 33.1 Å². The maximum absolute atomic E-state index is 9.99. The van der Waals surface area contributed by atoms with Crippen molar-refractivity contribution in [3.05, 3.63) is 58.4 Å². The van der Waals surface area contributed by atoms with Crippen molar-refractivity contribution < 1.29 is 5.11 Å². The zero-order valence-corrected chi connectivity index (χ0v) is 12.2. The molecule has 4 heteroatoms. The zero-order chi connectivity index (χ0) is 13.8. The lowest BCUT2D eigenvalue weighted by atomic mass is 10.0. The molecule has 2 rings (SSSR count). The van der Waals surface area contributed by atoms with E-state index in [9.17, 15) is 5.11 Å². The Hall–Kier alpha value is -1.25. The van der Waals surface area contributed by atoms with E-state index in [1.807, 2.05) is 30.3 Å². The van der Waals surface area contributed by atoms with Crippen LogP contribution >= 0.6 is 23.2 Å². The third-order valence-electron chi connectivity index (χ3n) is 3.13. The van der Waals surface area contributed by atoms with Gasteiger partial charge in [-0.25, -0.2) is 0 Å². The van der Waals surface area contributed by atoms with E-state index in [1.165, 1.54) is 0 Å². The summed E-state index contributed by atoms with van der Waals surface area (Å²) in [5.41, 5.74) is 4.16. The molecular weight excluding hydrogens is 281 g/mol. The molecule has 0 unspecified atom stereocenters. The molecule has 2 nitrogen and oxygen atoms in total. The molecule has 1 heterocycles. The second-order valence-electron chi connectivity index (χ2n) is 4.38. The number of hydrogen-bond donors (Lipinski definition) is 1. The van der Waals surface area contributed by atoms with E-state index in [4.69, 9.17) is 23.2 Å². The van der Waals surface area contributed by atoms with Crippen LogP contribution in [-0.2, 0) is 18.2 Å². The van der Waals surface area contributed by atoms with Crippen molar-refractivity contribution in [2.75, 3.05) is 0 Å². The van der Waals surface area contributed by atoms with Gasteiger partial charge in [-0.1, -0.05) is 30.3 Å². The molecule has 0 fully saturated rings. The van der Waals surface area contributed by atoms with Gasteiger partial charge in [-0.15, -0.1) is 23.2 Å². The number of aryl methyl sites for hydroxylation is 1. The molecule has 0 saturated carbocycles. The lowest BCUT2D eigenvalue weighted by Crippen LogP contribution is -2.04. The fourth-order valence-electron chi connectivity index (χ4n) is 2.10. The van der Waals surface area contributed by atoms with Gasteiger partial charge < -0.3 is 5.11 Å². The van der Waals surface area contributed by atoms with Crippen LogP contribution in [0.3, 0.4) is 0 Å². The van der Waals surface area contributed by atoms with Crippen LogP contribution in [0.25, 0.3) is 0 Å². The van der Waals surface area contributed by atoms with Crippen molar-refractivity contribution in [2.45, 2.75) is 25.1 Å². The predicted octanol–water partition coefficient (Wildman–Crippen LogP) is 4.16. The molecule has 100 valence electrons. The molecule has 1 aromatic carbocycles. The summed E-state index contributed by atoms with van der Waals surface area (Å²) in [6, 6.07) is 10.0. The maximum atomic E-state index is 9.99. The van der Waals surface area contributed by atoms with Gasteiger partial charge in [0.05, 0.1) is 17.3 Å². The van der Waals surface area contributed by atoms with E-state index in [0.717, 1.165) is 16.8 Å². The molecule has 0 saturated heterocycles. The van der Waals surface area contributed by atoms with Gasteiger partial charge in [0.2, 0.25) is 0 Å². The molecule has 0 aliphatic rings. The van der Waals surface area contributed by atoms with Gasteiger partial charge in [0.25, 0.3) is 0 Å². The molecule has 0 aliphatic heterocycles. The molecular formula is C15H15Cl2NO. The van der Waals surface area contributed by atoms with Crippen molar-refractivity contribution in [1.82, 2.24) is 4.98 Å². The van der Waals surface area contributed by atoms with Crippen LogP contribution in [0.4, 0.5) is 0 Å². The first kappa shape index (κ1) is 14.2. The highest BCUT2D eigenvalue weighted by molar-refractivity contribution is 6.19. The van der Waals surface area contributed by atoms with Crippen LogP contribution in [0.5, 0.6) is 5.75 Å². The SMILES string of the molecule is Cc1nc(Cc2ccccc2)c(CCl)c(CCl)c1O. The molecule has 0 bridgehead atoms. The van der Waals surface area contributed by atoms with Crippen molar-refractivity contribution in [2.24, 2.45) is 0 Å². The monoisotopic (exact) mass is 295 g/mol. The molecule has 19 heavy (non-hydrogen) atoms. The molecule has 0 amide bonds. The summed E-state index contributed by atoms with van der Waals surface area (Å²) in [6.45, 7) is 1.78. The summed E-state index contributed by atoms with van der Waals surface area (Å²) in [7, 11) is 0. The molecule has 0 spiro atoms. The minimum atomic E-state index is 0.155. The maximum Gasteiger partial charge on any atom is 0.141 e. The molecule has 1 N–H and O–H groups in total. The summed E-state index contributed by atoms with van der Waals surface area (Å²) in [5, 5.41) is 9.99. The van der Waals surface area contributed by atoms with Crippen LogP contribution in [0.2, 0.25) is 0 Å². The minimum absolute atomic E-state index is 0.155. The Balaban J connectivity index is 2.48. The Bertz CT molecular complexity index is 570. The highest BCUT2D eigenvalue weighted by Crippen LogP contribution is 2.30. The van der Waals surface area contributed by atoms with Crippen molar-refractivity contribution >= 4 is 23.2 Å². The van der Waals surface area contributed by atoms with Crippen LogP contribution in [0.1, 0.15) is 28.1 Å². The lowest BCUT2D eigenvalue weighted by Gasteiger charge is -2.14. The van der Waals surface area contributed by atoms with Gasteiger partial charge in [0.15, 0.2) is 0 Å². The zero-order valence-electron chi connectivity index (χ0n) is 10.7. The van der Waals surface area contributed by atoms with E-state index in [1.54, 1.807) is 6.92 Å². The van der Waals surface area contributed by atoms with E-state index in [0.29, 0.717) is 23.6 Å². The van der Waals surface area contributed by atoms with Crippen molar-refractivity contribution in [3.8, 4) is 5.75 Å². The van der Waals surface area contributed by atoms with E-state index in [-0.39, 0.29) is 11.6 Å². The summed E-state index contributed by atoms with van der Waals surface area (Å²) in [6.07, 6.45) is 0.688. The third kappa shape index (κ3) is 3.02. The molecule has 0 radical (unpaired) electrons. The number of benzene rings is 1. The summed E-state index contributed by atoms with van der Waals surface area (Å²) in [4.78, 5) is 4.45. The average molecular weight is 296 g/mol. The number of pyridine rings is 1. The first-order valence-corrected chi connectivity index (χ1v) is 7.10. The number of rotatable bonds is 4. The third-order valence-corrected chi connectivity index (χ3v) is 3.66. The van der Waals surface area contributed by atoms with Gasteiger partial charge in [-0.2, -0.15) is 0 Å². The van der Waals surface area contributed by atoms with E-state index in [2.05, 4.69) is 4.98 Å². The Kier molecular flexibility index (Phi) is 4.67. The second-order valence-corrected chi connectivity index (χ2v) is 4.91. The molecule has 2 aromatic rings. The molecule has 1 aromatic heterocycles. The normalized spacial score (nSPS) is 10.7. The lowest BCUT2D eigenvalue weighted by molar-refractivity contribution is 0.461. The summed E-state index contributed by atoms with van der Waals surface area (Å²) < 4.78 is 0. The Morgan fingerprint density at radius 2 is 1.68 bits per heavy atom. The smallest absolute Gasteiger partial charge is 0.141 e. The van der Waals surface area contributed by atoms with Gasteiger partial charge in [-0.05, 0) is 18.1 Å². The van der Waals surface area contributed by atoms with Crippen molar-refractivity contribution in [3.63, 3.8) is 0 Å². The predicted molar refractivity (Wildman–Crippen MR) is 79.0 cm³/mol. The Morgan fingerprint density at radius 1 is 1.05 bits per heavy atom. The quantitative estimate of drug-likeness (QED) is 0.859. The van der Waals surface area contributed by atoms with Gasteiger partial charge in [-0.3, -0.25) is 4.98 Å². The molecule has 0 aliphatic carbocycles. The fraction of sp³-hybridized carbons (Fsp3) is 0.267. The first-order chi connectivity index (χ1) is 9.17. The van der Waals surface area contributed by atoms with Crippen molar-refractivity contribution in [1.29, 1.82) is 0 Å². The number of aromatic hydroxyl groups is 1. The fourth-order valence-corrected chi connectivity index (χ4v) is 2.70. The van der Waals surface area contributed by atoms with Crippen LogP contribution in [-0.4, -0.2) is 10.1 Å². The van der Waals surface area contributed by atoms with Crippen LogP contribution < -0.4 is 0 Å². The number of aromatic nitrogens is 1. The van der Waals surface area contributed by atoms with Gasteiger partial charge in [0.1, 0.15) is 5.75 Å². The summed E-state index contributed by atoms with van der Waals surface area (Å²) in [5.74, 6) is 0.687. The standard InChI is InChI=1S/C15H15Cl2NO/c1-10-15(19)13(9-17)12(8-16)14(18-10)7-11-5-3-2-4-6-11/h2-6,19H,7-9H2,1H3. The number of alkyl halides is 2. The first-order valence-electron chi connectivity index (χ1n) is 6.03. The number of hydrogen-bond acceptors (Lipinski definition) is 2. The average Bonchev–Trinajstić information content (AvgIpc) is 2.43. The Labute approximate surface area is 123 Å². The second kappa shape index (κ2) is 6.27. The largest absolute Gasteiger partial charge is 0.506 e. The highest BCUT2D eigenvalue weighted by atomic mass is 35.5. The van der Waals surface area contributed by atoms with Gasteiger partial charge >= 0.3 is 0 Å². The summed E-state index contributed by atoms with van der Waals surface area (Å²) >= 11 is 11.9.